The first kappa shape index (κ1) is 18.8. The van der Waals surface area contributed by atoms with E-state index in [1.165, 1.54) is 7.05 Å². The van der Waals surface area contributed by atoms with Gasteiger partial charge in [-0.25, -0.2) is 4.79 Å². The zero-order valence-corrected chi connectivity index (χ0v) is 14.7. The van der Waals surface area contributed by atoms with Crippen LogP contribution in [0.25, 0.3) is 11.1 Å². The van der Waals surface area contributed by atoms with Gasteiger partial charge in [-0.1, -0.05) is 48.0 Å². The number of nitrogens with zero attached hydrogens (tertiary/aromatic N) is 2. The first-order chi connectivity index (χ1) is 12.8. The van der Waals surface area contributed by atoms with E-state index in [2.05, 4.69) is 10.4 Å². The molecule has 0 saturated carbocycles. The maximum absolute atomic E-state index is 13.0. The van der Waals surface area contributed by atoms with Crippen molar-refractivity contribution >= 4 is 23.4 Å². The summed E-state index contributed by atoms with van der Waals surface area (Å²) in [4.78, 5) is 12.2. The maximum atomic E-state index is 13.0. The quantitative estimate of drug-likeness (QED) is 0.648. The van der Waals surface area contributed by atoms with Crippen molar-refractivity contribution in [2.75, 3.05) is 5.32 Å². The van der Waals surface area contributed by atoms with Crippen molar-refractivity contribution in [1.29, 1.82) is 0 Å². The number of anilines is 1. The highest BCUT2D eigenvalue weighted by Gasteiger charge is 2.38. The molecule has 3 aromatic rings. The Labute approximate surface area is 157 Å². The van der Waals surface area contributed by atoms with Crippen LogP contribution in [0.3, 0.4) is 0 Å². The standard InChI is InChI=1S/C18H13ClF3N3O2/c1-25-10-15(16(24-25)18(20,21)22)27-17(26)23-14-9-5-3-7-12(14)11-6-2-4-8-13(11)19/h2-10H,1H3,(H,23,26). The van der Waals surface area contributed by atoms with Crippen molar-refractivity contribution in [2.24, 2.45) is 7.05 Å². The molecule has 0 spiro atoms. The van der Waals surface area contributed by atoms with Crippen molar-refractivity contribution in [3.8, 4) is 16.9 Å². The van der Waals surface area contributed by atoms with Crippen molar-refractivity contribution < 1.29 is 22.7 Å². The van der Waals surface area contributed by atoms with Crippen LogP contribution in [0.5, 0.6) is 5.75 Å². The van der Waals surface area contributed by atoms with E-state index in [1.54, 1.807) is 48.5 Å². The summed E-state index contributed by atoms with van der Waals surface area (Å²) in [7, 11) is 1.30. The number of nitrogens with one attached hydrogen (secondary N) is 1. The van der Waals surface area contributed by atoms with Gasteiger partial charge < -0.3 is 4.74 Å². The molecule has 1 N–H and O–H groups in total. The minimum Gasteiger partial charge on any atom is -0.406 e. The predicted molar refractivity (Wildman–Crippen MR) is 94.7 cm³/mol. The van der Waals surface area contributed by atoms with Crippen molar-refractivity contribution in [3.05, 3.63) is 65.4 Å². The second-order valence-corrected chi connectivity index (χ2v) is 5.96. The fourth-order valence-corrected chi connectivity index (χ4v) is 2.72. The molecule has 0 aliphatic carbocycles. The fourth-order valence-electron chi connectivity index (χ4n) is 2.48. The monoisotopic (exact) mass is 395 g/mol. The van der Waals surface area contributed by atoms with Gasteiger partial charge in [-0.2, -0.15) is 18.3 Å². The summed E-state index contributed by atoms with van der Waals surface area (Å²) in [5.41, 5.74) is 0.322. The molecular weight excluding hydrogens is 383 g/mol. The molecule has 0 atom stereocenters. The average molecular weight is 396 g/mol. The Kier molecular flexibility index (Phi) is 5.09. The number of amides is 1. The molecule has 1 aromatic heterocycles. The summed E-state index contributed by atoms with van der Waals surface area (Å²) in [6.07, 6.45) is -4.85. The number of ether oxygens (including phenoxy) is 1. The summed E-state index contributed by atoms with van der Waals surface area (Å²) in [6.45, 7) is 0. The lowest BCUT2D eigenvalue weighted by Gasteiger charge is -2.12. The van der Waals surface area contributed by atoms with Crippen LogP contribution in [0.2, 0.25) is 5.02 Å². The predicted octanol–water partition coefficient (Wildman–Crippen LogP) is 5.37. The zero-order chi connectivity index (χ0) is 19.6. The number of benzene rings is 2. The summed E-state index contributed by atoms with van der Waals surface area (Å²) in [5.74, 6) is -0.683. The SMILES string of the molecule is Cn1cc(OC(=O)Nc2ccccc2-c2ccccc2Cl)c(C(F)(F)F)n1. The van der Waals surface area contributed by atoms with Crippen LogP contribution in [0.4, 0.5) is 23.7 Å². The number of rotatable bonds is 3. The molecule has 0 fully saturated rings. The molecule has 1 amide bonds. The molecule has 5 nitrogen and oxygen atoms in total. The molecule has 0 bridgehead atoms. The smallest absolute Gasteiger partial charge is 0.406 e. The van der Waals surface area contributed by atoms with Crippen LogP contribution in [0.1, 0.15) is 5.69 Å². The molecule has 0 saturated heterocycles. The van der Waals surface area contributed by atoms with Crippen molar-refractivity contribution in [3.63, 3.8) is 0 Å². The second-order valence-electron chi connectivity index (χ2n) is 5.55. The Morgan fingerprint density at radius 2 is 1.74 bits per heavy atom. The summed E-state index contributed by atoms with van der Waals surface area (Å²) in [5, 5.41) is 6.20. The molecule has 2 aromatic carbocycles. The van der Waals surface area contributed by atoms with Gasteiger partial charge in [0.25, 0.3) is 0 Å². The fraction of sp³-hybridized carbons (Fsp3) is 0.111. The summed E-state index contributed by atoms with van der Waals surface area (Å²) >= 11 is 6.19. The summed E-state index contributed by atoms with van der Waals surface area (Å²) < 4.78 is 44.7. The average Bonchev–Trinajstić information content (AvgIpc) is 2.96. The molecule has 1 heterocycles. The molecule has 0 aliphatic heterocycles. The number of carbonyl (C=O) groups excluding carboxylic acids is 1. The third-order valence-corrected chi connectivity index (χ3v) is 3.92. The van der Waals surface area contributed by atoms with Gasteiger partial charge in [0.15, 0.2) is 5.75 Å². The Balaban J connectivity index is 1.86. The Morgan fingerprint density at radius 1 is 1.11 bits per heavy atom. The Bertz CT molecular complexity index is 986. The highest BCUT2D eigenvalue weighted by molar-refractivity contribution is 6.33. The molecule has 140 valence electrons. The van der Waals surface area contributed by atoms with Gasteiger partial charge in [-0.15, -0.1) is 0 Å². The van der Waals surface area contributed by atoms with Gasteiger partial charge in [-0.05, 0) is 12.1 Å². The van der Waals surface area contributed by atoms with Crippen LogP contribution in [-0.4, -0.2) is 15.9 Å². The van der Waals surface area contributed by atoms with Gasteiger partial charge in [0.1, 0.15) is 0 Å². The molecule has 3 rings (SSSR count). The van der Waals surface area contributed by atoms with Crippen LogP contribution >= 0.6 is 11.6 Å². The molecule has 0 radical (unpaired) electrons. The number of hydrogen-bond acceptors (Lipinski definition) is 3. The number of hydrogen-bond donors (Lipinski definition) is 1. The lowest BCUT2D eigenvalue weighted by atomic mass is 10.0. The van der Waals surface area contributed by atoms with Crippen LogP contribution < -0.4 is 10.1 Å². The Morgan fingerprint density at radius 3 is 2.41 bits per heavy atom. The summed E-state index contributed by atoms with van der Waals surface area (Å²) in [6, 6.07) is 13.7. The van der Waals surface area contributed by atoms with E-state index in [-0.39, 0.29) is 0 Å². The van der Waals surface area contributed by atoms with Crippen molar-refractivity contribution in [2.45, 2.75) is 6.18 Å². The molecule has 0 aliphatic rings. The largest absolute Gasteiger partial charge is 0.438 e. The normalized spacial score (nSPS) is 11.3. The lowest BCUT2D eigenvalue weighted by Crippen LogP contribution is -2.19. The highest BCUT2D eigenvalue weighted by atomic mass is 35.5. The van der Waals surface area contributed by atoms with E-state index in [4.69, 9.17) is 16.3 Å². The minimum absolute atomic E-state index is 0.341. The van der Waals surface area contributed by atoms with E-state index in [1.807, 2.05) is 0 Å². The van der Waals surface area contributed by atoms with Crippen molar-refractivity contribution in [1.82, 2.24) is 9.78 Å². The van der Waals surface area contributed by atoms with Crippen LogP contribution in [0, 0.1) is 0 Å². The Hall–Kier alpha value is -3.00. The number of alkyl halides is 3. The number of para-hydroxylation sites is 1. The van der Waals surface area contributed by atoms with Crippen LogP contribution in [0.15, 0.2) is 54.7 Å². The van der Waals surface area contributed by atoms with Gasteiger partial charge in [0, 0.05) is 23.2 Å². The van der Waals surface area contributed by atoms with E-state index in [9.17, 15) is 18.0 Å². The van der Waals surface area contributed by atoms with E-state index < -0.39 is 23.7 Å². The number of aromatic nitrogens is 2. The number of halogens is 4. The first-order valence-electron chi connectivity index (χ1n) is 7.69. The highest BCUT2D eigenvalue weighted by Crippen LogP contribution is 2.36. The topological polar surface area (TPSA) is 56.1 Å². The molecular formula is C18H13ClF3N3O2. The molecule has 0 unspecified atom stereocenters. The number of carbonyl (C=O) groups is 1. The van der Waals surface area contributed by atoms with E-state index in [0.29, 0.717) is 21.8 Å². The van der Waals surface area contributed by atoms with E-state index >= 15 is 0 Å². The third-order valence-electron chi connectivity index (χ3n) is 3.59. The molecule has 9 heteroatoms. The van der Waals surface area contributed by atoms with Crippen LogP contribution in [-0.2, 0) is 13.2 Å². The number of aryl methyl sites for hydroxylation is 1. The van der Waals surface area contributed by atoms with Gasteiger partial charge >= 0.3 is 12.3 Å². The first-order valence-corrected chi connectivity index (χ1v) is 8.07. The zero-order valence-electron chi connectivity index (χ0n) is 13.9. The van der Waals surface area contributed by atoms with Gasteiger partial charge in [0.2, 0.25) is 5.69 Å². The second kappa shape index (κ2) is 7.32. The third kappa shape index (κ3) is 4.22. The minimum atomic E-state index is -4.74. The van der Waals surface area contributed by atoms with Gasteiger partial charge in [-0.3, -0.25) is 10.00 Å². The lowest BCUT2D eigenvalue weighted by molar-refractivity contribution is -0.142. The maximum Gasteiger partial charge on any atom is 0.438 e. The van der Waals surface area contributed by atoms with E-state index in [0.717, 1.165) is 10.9 Å². The molecule has 27 heavy (non-hydrogen) atoms. The van der Waals surface area contributed by atoms with Gasteiger partial charge in [0.05, 0.1) is 11.9 Å².